The molecule has 1 saturated heterocycles. The highest BCUT2D eigenvalue weighted by Crippen LogP contribution is 2.28. The van der Waals surface area contributed by atoms with Crippen LogP contribution in [0, 0.1) is 5.92 Å². The van der Waals surface area contributed by atoms with E-state index < -0.39 is 0 Å². The monoisotopic (exact) mass is 398 g/mol. The second kappa shape index (κ2) is 7.95. The number of hydrogen-bond donors (Lipinski definition) is 2. The molecule has 2 atom stereocenters. The van der Waals surface area contributed by atoms with Crippen molar-refractivity contribution in [3.63, 3.8) is 0 Å². The van der Waals surface area contributed by atoms with Crippen molar-refractivity contribution in [2.75, 3.05) is 13.1 Å². The minimum Gasteiger partial charge on any atom is -0.352 e. The van der Waals surface area contributed by atoms with Gasteiger partial charge in [-0.2, -0.15) is 5.10 Å². The molecule has 1 aromatic carbocycles. The number of rotatable bonds is 4. The van der Waals surface area contributed by atoms with Crippen LogP contribution in [0.3, 0.4) is 0 Å². The lowest BCUT2D eigenvalue weighted by Gasteiger charge is -2.17. The standard InChI is InChI=1S/C16H19BrN4O.ClH/c1-21-10-12(7-20-21)14-8-18-9-15(14)16(22)19-6-11-3-2-4-13(17)5-11;/h2-5,7,10,14-15,18H,6,8-9H2,1H3,(H,19,22);1H/t14-,15+;/m1./s1. The molecule has 0 radical (unpaired) electrons. The van der Waals surface area contributed by atoms with Gasteiger partial charge < -0.3 is 10.6 Å². The number of nitrogens with one attached hydrogen (secondary N) is 2. The van der Waals surface area contributed by atoms with Crippen molar-refractivity contribution in [2.24, 2.45) is 13.0 Å². The minimum atomic E-state index is -0.0450. The van der Waals surface area contributed by atoms with E-state index in [9.17, 15) is 4.79 Å². The summed E-state index contributed by atoms with van der Waals surface area (Å²) in [6.45, 7) is 2.08. The summed E-state index contributed by atoms with van der Waals surface area (Å²) in [4.78, 5) is 12.5. The first-order chi connectivity index (χ1) is 10.6. The lowest BCUT2D eigenvalue weighted by atomic mass is 9.90. The van der Waals surface area contributed by atoms with Crippen LogP contribution in [0.15, 0.2) is 41.1 Å². The summed E-state index contributed by atoms with van der Waals surface area (Å²) in [6, 6.07) is 7.98. The quantitative estimate of drug-likeness (QED) is 0.829. The lowest BCUT2D eigenvalue weighted by Crippen LogP contribution is -2.33. The lowest BCUT2D eigenvalue weighted by molar-refractivity contribution is -0.125. The molecule has 2 heterocycles. The van der Waals surface area contributed by atoms with E-state index >= 15 is 0 Å². The number of nitrogens with zero attached hydrogens (tertiary/aromatic N) is 2. The molecule has 0 bridgehead atoms. The van der Waals surface area contributed by atoms with E-state index in [0.29, 0.717) is 13.1 Å². The Kier molecular flexibility index (Phi) is 6.21. The van der Waals surface area contributed by atoms with Crippen LogP contribution in [0.2, 0.25) is 0 Å². The number of aryl methyl sites for hydroxylation is 1. The van der Waals surface area contributed by atoms with Crippen LogP contribution in [-0.2, 0) is 18.4 Å². The molecule has 0 saturated carbocycles. The van der Waals surface area contributed by atoms with E-state index in [1.807, 2.05) is 43.7 Å². The Morgan fingerprint density at radius 3 is 3.00 bits per heavy atom. The highest BCUT2D eigenvalue weighted by Gasteiger charge is 2.34. The van der Waals surface area contributed by atoms with E-state index in [-0.39, 0.29) is 30.2 Å². The first-order valence-electron chi connectivity index (χ1n) is 7.35. The van der Waals surface area contributed by atoms with E-state index in [2.05, 4.69) is 31.7 Å². The third-order valence-electron chi connectivity index (χ3n) is 4.06. The smallest absolute Gasteiger partial charge is 0.225 e. The van der Waals surface area contributed by atoms with Gasteiger partial charge in [0.05, 0.1) is 12.1 Å². The highest BCUT2D eigenvalue weighted by molar-refractivity contribution is 9.10. The Balaban J connectivity index is 0.00000192. The van der Waals surface area contributed by atoms with Gasteiger partial charge in [0.2, 0.25) is 5.91 Å². The van der Waals surface area contributed by atoms with Crippen molar-refractivity contribution >= 4 is 34.2 Å². The first kappa shape index (κ1) is 18.0. The van der Waals surface area contributed by atoms with Crippen LogP contribution >= 0.6 is 28.3 Å². The average molecular weight is 400 g/mol. The SMILES string of the molecule is Cl.Cn1cc([C@H]2CNC[C@@H]2C(=O)NCc2cccc(Br)c2)cn1. The summed E-state index contributed by atoms with van der Waals surface area (Å²) in [5.74, 6) is 0.242. The summed E-state index contributed by atoms with van der Waals surface area (Å²) in [7, 11) is 1.90. The fraction of sp³-hybridized carbons (Fsp3) is 0.375. The van der Waals surface area contributed by atoms with Crippen LogP contribution in [0.25, 0.3) is 0 Å². The molecule has 1 aliphatic heterocycles. The summed E-state index contributed by atoms with van der Waals surface area (Å²) in [5, 5.41) is 10.6. The van der Waals surface area contributed by atoms with Gasteiger partial charge in [-0.1, -0.05) is 28.1 Å². The van der Waals surface area contributed by atoms with Crippen molar-refractivity contribution in [2.45, 2.75) is 12.5 Å². The molecule has 0 spiro atoms. The Labute approximate surface area is 150 Å². The molecule has 7 heteroatoms. The highest BCUT2D eigenvalue weighted by atomic mass is 79.9. The number of carbonyl (C=O) groups excluding carboxylic acids is 1. The van der Waals surface area contributed by atoms with Crippen molar-refractivity contribution in [3.8, 4) is 0 Å². The molecule has 1 aromatic heterocycles. The van der Waals surface area contributed by atoms with Crippen molar-refractivity contribution < 1.29 is 4.79 Å². The topological polar surface area (TPSA) is 59.0 Å². The Morgan fingerprint density at radius 1 is 1.48 bits per heavy atom. The zero-order valence-electron chi connectivity index (χ0n) is 12.8. The van der Waals surface area contributed by atoms with Gasteiger partial charge in [0.15, 0.2) is 0 Å². The second-order valence-corrected chi connectivity index (χ2v) is 6.58. The summed E-state index contributed by atoms with van der Waals surface area (Å²) < 4.78 is 2.81. The van der Waals surface area contributed by atoms with E-state index in [4.69, 9.17) is 0 Å². The van der Waals surface area contributed by atoms with E-state index in [1.54, 1.807) is 4.68 Å². The van der Waals surface area contributed by atoms with Crippen molar-refractivity contribution in [1.82, 2.24) is 20.4 Å². The van der Waals surface area contributed by atoms with E-state index in [0.717, 1.165) is 22.1 Å². The van der Waals surface area contributed by atoms with Gasteiger partial charge in [0.1, 0.15) is 0 Å². The molecule has 23 heavy (non-hydrogen) atoms. The molecule has 0 unspecified atom stereocenters. The predicted molar refractivity (Wildman–Crippen MR) is 95.5 cm³/mol. The summed E-state index contributed by atoms with van der Waals surface area (Å²) >= 11 is 3.45. The van der Waals surface area contributed by atoms with Gasteiger partial charge in [-0.05, 0) is 23.3 Å². The zero-order chi connectivity index (χ0) is 15.5. The van der Waals surface area contributed by atoms with Gasteiger partial charge in [0.25, 0.3) is 0 Å². The van der Waals surface area contributed by atoms with E-state index in [1.165, 1.54) is 0 Å². The number of hydrogen-bond acceptors (Lipinski definition) is 3. The maximum atomic E-state index is 12.5. The average Bonchev–Trinajstić information content (AvgIpc) is 3.13. The molecule has 0 aliphatic carbocycles. The molecule has 2 N–H and O–H groups in total. The summed E-state index contributed by atoms with van der Waals surface area (Å²) in [6.07, 6.45) is 3.85. The summed E-state index contributed by atoms with van der Waals surface area (Å²) in [5.41, 5.74) is 2.21. The normalized spacial score (nSPS) is 20.1. The molecular weight excluding hydrogens is 380 g/mol. The predicted octanol–water partition coefficient (Wildman–Crippen LogP) is 2.22. The Hall–Kier alpha value is -1.37. The van der Waals surface area contributed by atoms with Crippen LogP contribution in [0.4, 0.5) is 0 Å². The largest absolute Gasteiger partial charge is 0.352 e. The number of halogens is 2. The van der Waals surface area contributed by atoms with Gasteiger partial charge in [-0.3, -0.25) is 9.48 Å². The molecule has 1 amide bonds. The van der Waals surface area contributed by atoms with Crippen LogP contribution in [-0.4, -0.2) is 28.8 Å². The number of amides is 1. The molecule has 1 aliphatic rings. The zero-order valence-corrected chi connectivity index (χ0v) is 15.2. The maximum absolute atomic E-state index is 12.5. The van der Waals surface area contributed by atoms with Gasteiger partial charge >= 0.3 is 0 Å². The molecule has 3 rings (SSSR count). The third kappa shape index (κ3) is 4.34. The van der Waals surface area contributed by atoms with Crippen LogP contribution in [0.1, 0.15) is 17.0 Å². The molecule has 5 nitrogen and oxygen atoms in total. The fourth-order valence-corrected chi connectivity index (χ4v) is 3.35. The molecule has 2 aromatic rings. The van der Waals surface area contributed by atoms with Crippen molar-refractivity contribution in [3.05, 3.63) is 52.3 Å². The Morgan fingerprint density at radius 2 is 2.30 bits per heavy atom. The maximum Gasteiger partial charge on any atom is 0.225 e. The molecule has 1 fully saturated rings. The minimum absolute atomic E-state index is 0. The molecule has 124 valence electrons. The van der Waals surface area contributed by atoms with Crippen LogP contribution < -0.4 is 10.6 Å². The van der Waals surface area contributed by atoms with Gasteiger partial charge in [-0.25, -0.2) is 0 Å². The van der Waals surface area contributed by atoms with Gasteiger partial charge in [-0.15, -0.1) is 12.4 Å². The molecular formula is C16H20BrClN4O. The van der Waals surface area contributed by atoms with Gasteiger partial charge in [0, 0.05) is 43.3 Å². The second-order valence-electron chi connectivity index (χ2n) is 5.67. The third-order valence-corrected chi connectivity index (χ3v) is 4.55. The van der Waals surface area contributed by atoms with Crippen LogP contribution in [0.5, 0.6) is 0 Å². The Bertz CT molecular complexity index is 676. The number of benzene rings is 1. The van der Waals surface area contributed by atoms with Crippen molar-refractivity contribution in [1.29, 1.82) is 0 Å². The number of carbonyl (C=O) groups is 1. The fourth-order valence-electron chi connectivity index (χ4n) is 2.90. The first-order valence-corrected chi connectivity index (χ1v) is 8.14. The number of aromatic nitrogens is 2.